The summed E-state index contributed by atoms with van der Waals surface area (Å²) in [5, 5.41) is 17.5. The molecule has 0 aliphatic rings. The number of hydrogen-bond donors (Lipinski definition) is 5. The second-order valence-electron chi connectivity index (χ2n) is 9.11. The van der Waals surface area contributed by atoms with Gasteiger partial charge >= 0.3 is 11.6 Å². The molecule has 3 aromatic rings. The maximum absolute atomic E-state index is 13.1. The van der Waals surface area contributed by atoms with E-state index in [1.165, 1.54) is 36.4 Å². The third-order valence-corrected chi connectivity index (χ3v) is 7.12. The normalized spacial score (nSPS) is 12.2. The van der Waals surface area contributed by atoms with Crippen LogP contribution < -0.4 is 26.3 Å². The largest absolute Gasteiger partial charge is 0.481 e. The van der Waals surface area contributed by atoms with Gasteiger partial charge in [-0.3, -0.25) is 14.4 Å². The van der Waals surface area contributed by atoms with Gasteiger partial charge < -0.3 is 25.5 Å². The molecule has 0 bridgehead atoms. The number of amides is 2. The predicted molar refractivity (Wildman–Crippen MR) is 148 cm³/mol. The van der Waals surface area contributed by atoms with Crippen LogP contribution in [0.4, 0.5) is 11.7 Å². The molecule has 1 atom stereocenters. The fourth-order valence-corrected chi connectivity index (χ4v) is 4.75. The summed E-state index contributed by atoms with van der Waals surface area (Å²) >= 11 is 5.77. The van der Waals surface area contributed by atoms with Gasteiger partial charge in [0.2, 0.25) is 21.8 Å². The van der Waals surface area contributed by atoms with Crippen LogP contribution in [-0.4, -0.2) is 54.9 Å². The van der Waals surface area contributed by atoms with Gasteiger partial charge in [-0.25, -0.2) is 17.9 Å². The Hall–Kier alpha value is -4.01. The first-order chi connectivity index (χ1) is 18.7. The smallest absolute Gasteiger partial charge is 0.348 e. The highest BCUT2D eigenvalue weighted by Gasteiger charge is 2.24. The van der Waals surface area contributed by atoms with Crippen LogP contribution in [0.1, 0.15) is 32.3 Å². The lowest BCUT2D eigenvalue weighted by molar-refractivity contribution is -0.137. The van der Waals surface area contributed by atoms with Crippen molar-refractivity contribution in [2.24, 2.45) is 0 Å². The van der Waals surface area contributed by atoms with Gasteiger partial charge in [0, 0.05) is 23.2 Å². The number of sulfonamides is 1. The number of anilines is 2. The summed E-state index contributed by atoms with van der Waals surface area (Å²) in [6.45, 7) is 4.59. The van der Waals surface area contributed by atoms with Gasteiger partial charge in [0.05, 0.1) is 22.3 Å². The number of fused-ring (bicyclic) bond motifs is 1. The molecule has 15 heteroatoms. The predicted octanol–water partition coefficient (Wildman–Crippen LogP) is 2.24. The number of carbonyl (C=O) groups is 3. The van der Waals surface area contributed by atoms with Crippen LogP contribution in [-0.2, 0) is 24.4 Å². The van der Waals surface area contributed by atoms with Crippen LogP contribution in [0.5, 0.6) is 0 Å². The molecule has 0 unspecified atom stereocenters. The van der Waals surface area contributed by atoms with Crippen molar-refractivity contribution in [3.63, 3.8) is 0 Å². The van der Waals surface area contributed by atoms with Gasteiger partial charge in [-0.1, -0.05) is 11.6 Å². The highest BCUT2D eigenvalue weighted by Crippen LogP contribution is 2.22. The topological polar surface area (TPSA) is 197 Å². The van der Waals surface area contributed by atoms with E-state index < -0.39 is 52.4 Å². The SMILES string of the molecule is Cc1cc(NC(=O)[C@H](CCC(=O)O)NC(=O)CNS(=O)(=O)c2ccc(Cl)cc2)cc2nc(NC(C)C)oc(=O)c12. The van der Waals surface area contributed by atoms with Crippen LogP contribution in [0.3, 0.4) is 0 Å². The summed E-state index contributed by atoms with van der Waals surface area (Å²) in [6, 6.07) is 6.85. The standard InChI is InChI=1S/C25H28ClN5O8S/c1-13(2)28-25-31-19-11-16(10-14(3)22(19)24(36)39-25)29-23(35)18(8-9-21(33)34)30-20(32)12-27-40(37,38)17-6-4-15(26)5-7-17/h4-7,10-11,13,18,27H,8-9,12H2,1-3H3,(H,28,31)(H,29,35)(H,30,32)(H,33,34)/t18-/m0/s1. The number of nitrogens with zero attached hydrogens (tertiary/aromatic N) is 1. The number of carbonyl (C=O) groups excluding carboxylic acids is 2. The maximum Gasteiger partial charge on any atom is 0.348 e. The van der Waals surface area contributed by atoms with E-state index in [0.717, 1.165) is 0 Å². The minimum atomic E-state index is -4.05. The molecule has 0 spiro atoms. The molecular weight excluding hydrogens is 566 g/mol. The summed E-state index contributed by atoms with van der Waals surface area (Å²) in [4.78, 5) is 53.4. The monoisotopic (exact) mass is 593 g/mol. The fourth-order valence-electron chi connectivity index (χ4n) is 3.64. The minimum absolute atomic E-state index is 0.00280. The molecule has 1 aromatic heterocycles. The van der Waals surface area contributed by atoms with E-state index in [4.69, 9.17) is 21.1 Å². The van der Waals surface area contributed by atoms with E-state index in [9.17, 15) is 27.6 Å². The molecule has 0 aliphatic carbocycles. The van der Waals surface area contributed by atoms with Crippen molar-refractivity contribution in [1.29, 1.82) is 0 Å². The number of halogens is 1. The Bertz CT molecular complexity index is 1590. The number of hydrogen-bond acceptors (Lipinski definition) is 9. The summed E-state index contributed by atoms with van der Waals surface area (Å²) < 4.78 is 32.2. The van der Waals surface area contributed by atoms with Crippen molar-refractivity contribution in [2.45, 2.75) is 50.6 Å². The molecule has 13 nitrogen and oxygen atoms in total. The van der Waals surface area contributed by atoms with E-state index in [1.807, 2.05) is 13.8 Å². The molecule has 0 radical (unpaired) electrons. The lowest BCUT2D eigenvalue weighted by Crippen LogP contribution is -2.47. The third-order valence-electron chi connectivity index (χ3n) is 5.46. The Morgan fingerprint density at radius 1 is 1.12 bits per heavy atom. The first kappa shape index (κ1) is 30.5. The molecule has 0 saturated carbocycles. The second-order valence-corrected chi connectivity index (χ2v) is 11.3. The number of aromatic nitrogens is 1. The zero-order valence-corrected chi connectivity index (χ0v) is 23.4. The average molecular weight is 594 g/mol. The van der Waals surface area contributed by atoms with Gasteiger partial charge in [-0.2, -0.15) is 4.98 Å². The van der Waals surface area contributed by atoms with Crippen molar-refractivity contribution >= 4 is 62.0 Å². The molecule has 2 amide bonds. The Morgan fingerprint density at radius 2 is 1.80 bits per heavy atom. The average Bonchev–Trinajstić information content (AvgIpc) is 2.84. The van der Waals surface area contributed by atoms with Crippen molar-refractivity contribution in [3.8, 4) is 0 Å². The minimum Gasteiger partial charge on any atom is -0.481 e. The van der Waals surface area contributed by atoms with Crippen LogP contribution in [0.25, 0.3) is 10.9 Å². The molecule has 0 saturated heterocycles. The first-order valence-electron chi connectivity index (χ1n) is 12.0. The van der Waals surface area contributed by atoms with E-state index in [1.54, 1.807) is 6.92 Å². The number of nitrogens with one attached hydrogen (secondary N) is 4. The van der Waals surface area contributed by atoms with Crippen LogP contribution in [0.2, 0.25) is 5.02 Å². The van der Waals surface area contributed by atoms with Crippen LogP contribution >= 0.6 is 11.6 Å². The molecule has 5 N–H and O–H groups in total. The Kier molecular flexibility index (Phi) is 9.84. The number of carboxylic acid groups (broad SMARTS) is 1. The fraction of sp³-hybridized carbons (Fsp3) is 0.320. The molecular formula is C25H28ClN5O8S. The highest BCUT2D eigenvalue weighted by atomic mass is 35.5. The van der Waals surface area contributed by atoms with Gasteiger partial charge in [0.1, 0.15) is 6.04 Å². The van der Waals surface area contributed by atoms with Gasteiger partial charge in [-0.05, 0) is 69.2 Å². The summed E-state index contributed by atoms with van der Waals surface area (Å²) in [7, 11) is -4.05. The third kappa shape index (κ3) is 8.24. The number of aliphatic carboxylic acids is 1. The van der Waals surface area contributed by atoms with Crippen molar-refractivity contribution in [3.05, 3.63) is 57.4 Å². The van der Waals surface area contributed by atoms with E-state index >= 15 is 0 Å². The van der Waals surface area contributed by atoms with Crippen molar-refractivity contribution in [2.75, 3.05) is 17.2 Å². The van der Waals surface area contributed by atoms with Gasteiger partial charge in [0.15, 0.2) is 0 Å². The molecule has 2 aromatic carbocycles. The summed E-state index contributed by atoms with van der Waals surface area (Å²) in [5.41, 5.74) is 0.336. The van der Waals surface area contributed by atoms with Crippen LogP contribution in [0, 0.1) is 6.92 Å². The van der Waals surface area contributed by atoms with E-state index in [-0.39, 0.29) is 40.0 Å². The van der Waals surface area contributed by atoms with Gasteiger partial charge in [0.25, 0.3) is 6.01 Å². The summed E-state index contributed by atoms with van der Waals surface area (Å²) in [6.07, 6.45) is -0.716. The number of carboxylic acids is 1. The molecule has 0 aliphatic heterocycles. The zero-order chi connectivity index (χ0) is 29.6. The number of rotatable bonds is 12. The van der Waals surface area contributed by atoms with E-state index in [0.29, 0.717) is 10.6 Å². The quantitative estimate of drug-likeness (QED) is 0.207. The van der Waals surface area contributed by atoms with E-state index in [2.05, 4.69) is 25.7 Å². The number of benzene rings is 2. The lowest BCUT2D eigenvalue weighted by Gasteiger charge is -2.18. The lowest BCUT2D eigenvalue weighted by atomic mass is 10.1. The maximum atomic E-state index is 13.1. The molecule has 1 heterocycles. The van der Waals surface area contributed by atoms with Gasteiger partial charge in [-0.15, -0.1) is 0 Å². The first-order valence-corrected chi connectivity index (χ1v) is 13.9. The van der Waals surface area contributed by atoms with Crippen LogP contribution in [0.15, 0.2) is 50.5 Å². The second kappa shape index (κ2) is 12.9. The highest BCUT2D eigenvalue weighted by molar-refractivity contribution is 7.89. The molecule has 40 heavy (non-hydrogen) atoms. The van der Waals surface area contributed by atoms with Crippen molar-refractivity contribution in [1.82, 2.24) is 15.0 Å². The molecule has 0 fully saturated rings. The molecule has 214 valence electrons. The molecule has 3 rings (SSSR count). The number of aryl methyl sites for hydroxylation is 1. The van der Waals surface area contributed by atoms with Crippen molar-refractivity contribution < 1.29 is 32.3 Å². The Labute approximate surface area is 234 Å². The summed E-state index contributed by atoms with van der Waals surface area (Å²) in [5.74, 6) is -2.81. The zero-order valence-electron chi connectivity index (χ0n) is 21.8. The Balaban J connectivity index is 1.76. The Morgan fingerprint density at radius 3 is 2.42 bits per heavy atom.